The van der Waals surface area contributed by atoms with Gasteiger partial charge in [-0.2, -0.15) is 0 Å². The van der Waals surface area contributed by atoms with Crippen LogP contribution in [0.15, 0.2) is 42.5 Å². The van der Waals surface area contributed by atoms with Crippen LogP contribution in [0.4, 0.5) is 0 Å². The monoisotopic (exact) mass is 313 g/mol. The summed E-state index contributed by atoms with van der Waals surface area (Å²) in [5.74, 6) is -1.09. The third kappa shape index (κ3) is 2.58. The molecule has 110 valence electrons. The summed E-state index contributed by atoms with van der Waals surface area (Å²) < 4.78 is 0. The Morgan fingerprint density at radius 2 is 1.73 bits per heavy atom. The number of nitrogens with zero attached hydrogens (tertiary/aromatic N) is 2. The first-order chi connectivity index (χ1) is 10.6. The highest BCUT2D eigenvalue weighted by atomic mass is 35.5. The maximum atomic E-state index is 11.1. The van der Waals surface area contributed by atoms with Gasteiger partial charge in [-0.05, 0) is 35.7 Å². The van der Waals surface area contributed by atoms with Gasteiger partial charge in [-0.3, -0.25) is 5.10 Å². The van der Waals surface area contributed by atoms with Crippen molar-refractivity contribution in [3.8, 4) is 22.4 Å². The summed E-state index contributed by atoms with van der Waals surface area (Å²) in [6, 6.07) is 13.3. The lowest BCUT2D eigenvalue weighted by Crippen LogP contribution is -1.99. The number of hydrogen-bond acceptors (Lipinski definition) is 3. The van der Waals surface area contributed by atoms with Gasteiger partial charge >= 0.3 is 5.97 Å². The maximum absolute atomic E-state index is 11.1. The topological polar surface area (TPSA) is 78.9 Å². The second kappa shape index (κ2) is 5.61. The van der Waals surface area contributed by atoms with E-state index in [1.165, 1.54) is 0 Å². The quantitative estimate of drug-likeness (QED) is 0.771. The van der Waals surface area contributed by atoms with Crippen LogP contribution in [-0.4, -0.2) is 26.5 Å². The first-order valence-corrected chi connectivity index (χ1v) is 6.95. The first-order valence-electron chi connectivity index (χ1n) is 6.57. The standard InChI is InChI=1S/C16H12ClN3O2/c1-9-8-12(6-7-13(9)17)10-2-4-11(5-3-10)14-15(16(21)22)19-20-18-14/h2-8H,1H3,(H,21,22)(H,18,19,20). The van der Waals surface area contributed by atoms with Gasteiger partial charge in [0, 0.05) is 10.6 Å². The predicted molar refractivity (Wildman–Crippen MR) is 84.0 cm³/mol. The van der Waals surface area contributed by atoms with Gasteiger partial charge in [-0.1, -0.05) is 47.1 Å². The number of aromatic amines is 1. The highest BCUT2D eigenvalue weighted by Gasteiger charge is 2.15. The minimum atomic E-state index is -1.09. The van der Waals surface area contributed by atoms with E-state index in [2.05, 4.69) is 15.4 Å². The smallest absolute Gasteiger partial charge is 0.356 e. The lowest BCUT2D eigenvalue weighted by Gasteiger charge is -2.06. The number of rotatable bonds is 3. The zero-order valence-electron chi connectivity index (χ0n) is 11.7. The van der Waals surface area contributed by atoms with Crippen molar-refractivity contribution in [2.24, 2.45) is 0 Å². The van der Waals surface area contributed by atoms with Gasteiger partial charge in [0.2, 0.25) is 0 Å². The molecule has 3 aromatic rings. The number of hydrogen-bond donors (Lipinski definition) is 2. The summed E-state index contributed by atoms with van der Waals surface area (Å²) in [6.45, 7) is 1.95. The van der Waals surface area contributed by atoms with Gasteiger partial charge in [-0.25, -0.2) is 4.79 Å². The summed E-state index contributed by atoms with van der Waals surface area (Å²) in [4.78, 5) is 11.1. The van der Waals surface area contributed by atoms with Crippen molar-refractivity contribution < 1.29 is 9.90 Å². The van der Waals surface area contributed by atoms with E-state index in [0.29, 0.717) is 11.3 Å². The number of aromatic carboxylic acids is 1. The lowest BCUT2D eigenvalue weighted by molar-refractivity contribution is 0.0691. The molecular formula is C16H12ClN3O2. The molecular weight excluding hydrogens is 302 g/mol. The number of aromatic nitrogens is 3. The number of carboxylic acid groups (broad SMARTS) is 1. The Bertz CT molecular complexity index is 841. The highest BCUT2D eigenvalue weighted by molar-refractivity contribution is 6.31. The molecule has 6 heteroatoms. The molecule has 0 aliphatic rings. The molecule has 3 rings (SSSR count). The van der Waals surface area contributed by atoms with Gasteiger partial charge < -0.3 is 5.11 Å². The molecule has 0 aliphatic heterocycles. The molecule has 0 spiro atoms. The molecule has 0 saturated heterocycles. The number of nitrogens with one attached hydrogen (secondary N) is 1. The number of halogens is 1. The fourth-order valence-corrected chi connectivity index (χ4v) is 2.34. The first kappa shape index (κ1) is 14.3. The Hall–Kier alpha value is -2.66. The minimum absolute atomic E-state index is 0.0184. The van der Waals surface area contributed by atoms with Gasteiger partial charge in [0.15, 0.2) is 5.69 Å². The Morgan fingerprint density at radius 1 is 1.09 bits per heavy atom. The van der Waals surface area contributed by atoms with Gasteiger partial charge in [0.05, 0.1) is 0 Å². The molecule has 0 amide bonds. The third-order valence-corrected chi connectivity index (χ3v) is 3.84. The van der Waals surface area contributed by atoms with Crippen LogP contribution in [0.3, 0.4) is 0 Å². The van der Waals surface area contributed by atoms with Crippen molar-refractivity contribution in [3.63, 3.8) is 0 Å². The molecule has 2 aromatic carbocycles. The average molecular weight is 314 g/mol. The van der Waals surface area contributed by atoms with E-state index in [0.717, 1.165) is 21.7 Å². The largest absolute Gasteiger partial charge is 0.476 e. The summed E-state index contributed by atoms with van der Waals surface area (Å²) in [5, 5.41) is 19.6. The maximum Gasteiger partial charge on any atom is 0.356 e. The summed E-state index contributed by atoms with van der Waals surface area (Å²) in [6.07, 6.45) is 0. The molecule has 5 nitrogen and oxygen atoms in total. The van der Waals surface area contributed by atoms with Crippen molar-refractivity contribution >= 4 is 17.6 Å². The molecule has 0 radical (unpaired) electrons. The van der Waals surface area contributed by atoms with Crippen molar-refractivity contribution in [2.75, 3.05) is 0 Å². The lowest BCUT2D eigenvalue weighted by atomic mass is 10.0. The van der Waals surface area contributed by atoms with Crippen LogP contribution >= 0.6 is 11.6 Å². The molecule has 0 unspecified atom stereocenters. The van der Waals surface area contributed by atoms with Crippen LogP contribution < -0.4 is 0 Å². The van der Waals surface area contributed by atoms with Crippen molar-refractivity contribution in [3.05, 3.63) is 58.7 Å². The van der Waals surface area contributed by atoms with Crippen LogP contribution in [0.25, 0.3) is 22.4 Å². The second-order valence-electron chi connectivity index (χ2n) is 4.88. The number of carbonyl (C=O) groups is 1. The van der Waals surface area contributed by atoms with Crippen LogP contribution in [-0.2, 0) is 0 Å². The molecule has 0 fully saturated rings. The Balaban J connectivity index is 1.97. The van der Waals surface area contributed by atoms with Crippen molar-refractivity contribution in [1.29, 1.82) is 0 Å². The number of benzene rings is 2. The SMILES string of the molecule is Cc1cc(-c2ccc(-c3nn[nH]c3C(=O)O)cc2)ccc1Cl. The van der Waals surface area contributed by atoms with Crippen molar-refractivity contribution in [2.45, 2.75) is 6.92 Å². The second-order valence-corrected chi connectivity index (χ2v) is 5.29. The fourth-order valence-electron chi connectivity index (χ4n) is 2.22. The number of H-pyrrole nitrogens is 1. The van der Waals surface area contributed by atoms with Crippen LogP contribution in [0.2, 0.25) is 5.02 Å². The molecule has 1 aromatic heterocycles. The van der Waals surface area contributed by atoms with Crippen LogP contribution in [0, 0.1) is 6.92 Å². The molecule has 0 atom stereocenters. The third-order valence-electron chi connectivity index (χ3n) is 3.41. The van der Waals surface area contributed by atoms with E-state index in [4.69, 9.17) is 16.7 Å². The summed E-state index contributed by atoms with van der Waals surface area (Å²) in [5.41, 5.74) is 4.07. The highest BCUT2D eigenvalue weighted by Crippen LogP contribution is 2.27. The summed E-state index contributed by atoms with van der Waals surface area (Å²) >= 11 is 6.03. The molecule has 22 heavy (non-hydrogen) atoms. The van der Waals surface area contributed by atoms with Crippen molar-refractivity contribution in [1.82, 2.24) is 15.4 Å². The van der Waals surface area contributed by atoms with E-state index in [9.17, 15) is 4.79 Å². The fraction of sp³-hybridized carbons (Fsp3) is 0.0625. The number of carboxylic acids is 1. The van der Waals surface area contributed by atoms with Crippen LogP contribution in [0.1, 0.15) is 16.1 Å². The van der Waals surface area contributed by atoms with Gasteiger partial charge in [-0.15, -0.1) is 5.10 Å². The normalized spacial score (nSPS) is 10.6. The van der Waals surface area contributed by atoms with Crippen LogP contribution in [0.5, 0.6) is 0 Å². The van der Waals surface area contributed by atoms with E-state index in [-0.39, 0.29) is 5.69 Å². The molecule has 0 bridgehead atoms. The average Bonchev–Trinajstić information content (AvgIpc) is 3.00. The zero-order chi connectivity index (χ0) is 15.7. The molecule has 1 heterocycles. The van der Waals surface area contributed by atoms with E-state index in [1.807, 2.05) is 49.4 Å². The Kier molecular flexibility index (Phi) is 3.65. The van der Waals surface area contributed by atoms with E-state index >= 15 is 0 Å². The molecule has 2 N–H and O–H groups in total. The van der Waals surface area contributed by atoms with Gasteiger partial charge in [0.1, 0.15) is 5.69 Å². The van der Waals surface area contributed by atoms with E-state index < -0.39 is 5.97 Å². The summed E-state index contributed by atoms with van der Waals surface area (Å²) in [7, 11) is 0. The minimum Gasteiger partial charge on any atom is -0.476 e. The number of aryl methyl sites for hydroxylation is 1. The molecule has 0 aliphatic carbocycles. The van der Waals surface area contributed by atoms with Gasteiger partial charge in [0.25, 0.3) is 0 Å². The zero-order valence-corrected chi connectivity index (χ0v) is 12.4. The molecule has 0 saturated carbocycles. The Morgan fingerprint density at radius 3 is 2.36 bits per heavy atom. The predicted octanol–water partition coefficient (Wildman–Crippen LogP) is 3.80. The Labute approximate surface area is 131 Å². The van der Waals surface area contributed by atoms with E-state index in [1.54, 1.807) is 0 Å².